The van der Waals surface area contributed by atoms with Crippen molar-refractivity contribution >= 4 is 40.9 Å². The van der Waals surface area contributed by atoms with Gasteiger partial charge in [0.05, 0.1) is 5.41 Å². The van der Waals surface area contributed by atoms with Crippen molar-refractivity contribution in [2.24, 2.45) is 0 Å². The van der Waals surface area contributed by atoms with Gasteiger partial charge >= 0.3 is 0 Å². The highest BCUT2D eigenvalue weighted by molar-refractivity contribution is 7.98. The highest BCUT2D eigenvalue weighted by Crippen LogP contribution is 2.38. The van der Waals surface area contributed by atoms with Crippen LogP contribution in [0.25, 0.3) is 0 Å². The lowest BCUT2D eigenvalue weighted by Crippen LogP contribution is -2.47. The van der Waals surface area contributed by atoms with E-state index in [0.29, 0.717) is 41.3 Å². The molecule has 38 heavy (non-hydrogen) atoms. The molecule has 2 aromatic carbocycles. The molecule has 200 valence electrons. The summed E-state index contributed by atoms with van der Waals surface area (Å²) in [6.45, 7) is 4.49. The van der Waals surface area contributed by atoms with Gasteiger partial charge in [-0.15, -0.1) is 0 Å². The highest BCUT2D eigenvalue weighted by Gasteiger charge is 2.40. The van der Waals surface area contributed by atoms with Crippen LogP contribution in [-0.2, 0) is 16.0 Å². The van der Waals surface area contributed by atoms with Gasteiger partial charge in [-0.2, -0.15) is 0 Å². The minimum Gasteiger partial charge on any atom is -0.356 e. The van der Waals surface area contributed by atoms with Crippen LogP contribution in [0.2, 0.25) is 5.15 Å². The lowest BCUT2D eigenvalue weighted by molar-refractivity contribution is -0.123. The number of aromatic nitrogens is 2. The smallest absolute Gasteiger partial charge is 0.251 e. The number of likely N-dealkylation sites (N-methyl/N-ethyl adjacent to an activating group) is 1. The van der Waals surface area contributed by atoms with E-state index in [0.717, 1.165) is 36.3 Å². The highest BCUT2D eigenvalue weighted by atomic mass is 35.5. The Morgan fingerprint density at radius 3 is 2.47 bits per heavy atom. The Kier molecular flexibility index (Phi) is 9.41. The number of thioether (sulfide) groups is 1. The summed E-state index contributed by atoms with van der Waals surface area (Å²) in [5.41, 5.74) is 2.26. The molecule has 9 heteroatoms. The lowest BCUT2D eigenvalue weighted by Gasteiger charge is -2.41. The minimum atomic E-state index is -0.462. The maximum Gasteiger partial charge on any atom is 0.251 e. The average Bonchev–Trinajstić information content (AvgIpc) is 2.92. The zero-order chi connectivity index (χ0) is 27.1. The van der Waals surface area contributed by atoms with Crippen molar-refractivity contribution in [2.45, 2.75) is 36.1 Å². The summed E-state index contributed by atoms with van der Waals surface area (Å²) in [5, 5.41) is 3.92. The van der Waals surface area contributed by atoms with Gasteiger partial charge in [0.1, 0.15) is 16.8 Å². The monoisotopic (exact) mass is 551 g/mol. The van der Waals surface area contributed by atoms with E-state index in [2.05, 4.69) is 27.3 Å². The number of anilines is 1. The van der Waals surface area contributed by atoms with E-state index < -0.39 is 5.41 Å². The van der Waals surface area contributed by atoms with E-state index in [1.807, 2.05) is 61.5 Å². The van der Waals surface area contributed by atoms with E-state index in [1.165, 1.54) is 11.8 Å². The first-order valence-electron chi connectivity index (χ1n) is 12.8. The third-order valence-electron chi connectivity index (χ3n) is 7.00. The molecule has 4 rings (SSSR count). The number of benzene rings is 2. The van der Waals surface area contributed by atoms with Crippen LogP contribution < -0.4 is 10.2 Å². The molecule has 1 aromatic heterocycles. The van der Waals surface area contributed by atoms with Crippen molar-refractivity contribution in [3.8, 4) is 0 Å². The summed E-state index contributed by atoms with van der Waals surface area (Å²) >= 11 is 7.87. The molecule has 1 N–H and O–H groups in total. The number of carbonyl (C=O) groups is 2. The first-order chi connectivity index (χ1) is 18.3. The Labute approximate surface area is 234 Å². The molecule has 0 aliphatic carbocycles. The van der Waals surface area contributed by atoms with Gasteiger partial charge in [-0.1, -0.05) is 65.8 Å². The molecule has 0 bridgehead atoms. The quantitative estimate of drug-likeness (QED) is 0.219. The summed E-state index contributed by atoms with van der Waals surface area (Å²) in [4.78, 5) is 38.6. The Morgan fingerprint density at radius 2 is 1.79 bits per heavy atom. The largest absolute Gasteiger partial charge is 0.356 e. The van der Waals surface area contributed by atoms with Crippen molar-refractivity contribution < 1.29 is 9.59 Å². The van der Waals surface area contributed by atoms with Crippen LogP contribution in [0.15, 0.2) is 65.8 Å². The number of piperidine rings is 1. The van der Waals surface area contributed by atoms with Gasteiger partial charge < -0.3 is 15.1 Å². The fourth-order valence-corrected chi connectivity index (χ4v) is 5.80. The van der Waals surface area contributed by atoms with Crippen molar-refractivity contribution in [1.29, 1.82) is 0 Å². The number of rotatable bonds is 10. The van der Waals surface area contributed by atoms with Gasteiger partial charge in [-0.3, -0.25) is 9.59 Å². The van der Waals surface area contributed by atoms with Crippen molar-refractivity contribution in [3.63, 3.8) is 0 Å². The number of nitrogens with zero attached hydrogens (tertiary/aromatic N) is 4. The number of halogens is 1. The van der Waals surface area contributed by atoms with Crippen molar-refractivity contribution in [2.75, 3.05) is 45.2 Å². The zero-order valence-electron chi connectivity index (χ0n) is 22.1. The third-order valence-corrected chi connectivity index (χ3v) is 8.12. The molecule has 0 radical (unpaired) electrons. The summed E-state index contributed by atoms with van der Waals surface area (Å²) < 4.78 is 0. The molecule has 3 aromatic rings. The Bertz CT molecular complexity index is 1260. The minimum absolute atomic E-state index is 0.0813. The molecule has 1 aliphatic rings. The van der Waals surface area contributed by atoms with Gasteiger partial charge in [0, 0.05) is 43.6 Å². The van der Waals surface area contributed by atoms with Crippen LogP contribution in [0.3, 0.4) is 0 Å². The first-order valence-corrected chi connectivity index (χ1v) is 14.1. The number of carbonyl (C=O) groups excluding carboxylic acids is 2. The van der Waals surface area contributed by atoms with Crippen LogP contribution in [0.4, 0.5) is 5.82 Å². The predicted octanol–water partition coefficient (Wildman–Crippen LogP) is 4.84. The Hall–Kier alpha value is -2.94. The third kappa shape index (κ3) is 6.92. The molecule has 0 unspecified atom stereocenters. The van der Waals surface area contributed by atoms with E-state index in [-0.39, 0.29) is 11.7 Å². The van der Waals surface area contributed by atoms with Gasteiger partial charge in [0.2, 0.25) is 0 Å². The fraction of sp³-hybridized carbons (Fsp3) is 0.379. The van der Waals surface area contributed by atoms with Crippen LogP contribution in [-0.4, -0.2) is 66.8 Å². The van der Waals surface area contributed by atoms with Gasteiger partial charge in [0.15, 0.2) is 5.16 Å². The number of Topliss-reactive ketones (excluding diaryl/α,β-unsaturated/α-hetero) is 1. The van der Waals surface area contributed by atoms with E-state index >= 15 is 0 Å². The predicted molar refractivity (Wildman–Crippen MR) is 154 cm³/mol. The van der Waals surface area contributed by atoms with E-state index in [9.17, 15) is 9.59 Å². The van der Waals surface area contributed by atoms with Gasteiger partial charge in [-0.05, 0) is 57.1 Å². The second-order valence-corrected chi connectivity index (χ2v) is 11.2. The number of amides is 1. The number of hydrogen-bond donors (Lipinski definition) is 1. The topological polar surface area (TPSA) is 78.4 Å². The molecule has 7 nitrogen and oxygen atoms in total. The summed E-state index contributed by atoms with van der Waals surface area (Å²) in [7, 11) is 3.95. The molecule has 1 aliphatic heterocycles. The normalized spacial score (nSPS) is 14.9. The number of nitrogens with one attached hydrogen (secondary N) is 1. The number of ketones is 1. The fourth-order valence-electron chi connectivity index (χ4n) is 4.78. The van der Waals surface area contributed by atoms with Crippen molar-refractivity contribution in [1.82, 2.24) is 20.2 Å². The van der Waals surface area contributed by atoms with Gasteiger partial charge in [0.25, 0.3) is 5.91 Å². The second-order valence-electron chi connectivity index (χ2n) is 9.87. The Balaban J connectivity index is 1.40. The van der Waals surface area contributed by atoms with Crippen LogP contribution in [0.5, 0.6) is 0 Å². The van der Waals surface area contributed by atoms with E-state index in [4.69, 9.17) is 16.6 Å². The second kappa shape index (κ2) is 12.7. The van der Waals surface area contributed by atoms with Crippen LogP contribution >= 0.6 is 23.4 Å². The standard InChI is InChI=1S/C29H34ClN5O2S/c1-21(36)29(24-10-5-4-6-11-24)12-15-35(16-13-29)26-19-25(30)32-28(33-26)38-20-22-8-7-9-23(18-22)27(37)31-14-17-34(2)3/h4-11,18-19H,12-17,20H2,1-3H3,(H,31,37). The zero-order valence-corrected chi connectivity index (χ0v) is 23.7. The molecule has 0 atom stereocenters. The maximum absolute atomic E-state index is 12.7. The molecule has 0 spiro atoms. The molecular weight excluding hydrogens is 518 g/mol. The molecule has 1 saturated heterocycles. The SMILES string of the molecule is CC(=O)C1(c2ccccc2)CCN(c2cc(Cl)nc(SCc3cccc(C(=O)NCCN(C)C)c3)n2)CC1. The van der Waals surface area contributed by atoms with Crippen molar-refractivity contribution in [3.05, 3.63) is 82.5 Å². The van der Waals surface area contributed by atoms with Crippen LogP contribution in [0, 0.1) is 0 Å². The summed E-state index contributed by atoms with van der Waals surface area (Å²) in [5.74, 6) is 1.50. The molecule has 1 amide bonds. The molecule has 0 saturated carbocycles. The van der Waals surface area contributed by atoms with Gasteiger partial charge in [-0.25, -0.2) is 9.97 Å². The maximum atomic E-state index is 12.7. The lowest BCUT2D eigenvalue weighted by atomic mass is 9.70. The summed E-state index contributed by atoms with van der Waals surface area (Å²) in [6.07, 6.45) is 1.44. The molecule has 1 fully saturated rings. The van der Waals surface area contributed by atoms with E-state index in [1.54, 1.807) is 13.0 Å². The summed E-state index contributed by atoms with van der Waals surface area (Å²) in [6, 6.07) is 19.5. The molecule has 2 heterocycles. The average molecular weight is 552 g/mol. The van der Waals surface area contributed by atoms with Crippen LogP contribution in [0.1, 0.15) is 41.3 Å². The number of hydrogen-bond acceptors (Lipinski definition) is 7. The Morgan fingerprint density at radius 1 is 1.05 bits per heavy atom. The first kappa shape index (κ1) is 28.1. The molecular formula is C29H34ClN5O2S.